The zero-order valence-corrected chi connectivity index (χ0v) is 16.6. The van der Waals surface area contributed by atoms with Crippen LogP contribution in [0.1, 0.15) is 6.42 Å². The van der Waals surface area contributed by atoms with E-state index in [0.717, 1.165) is 12.3 Å². The number of halogens is 3. The Kier molecular flexibility index (Phi) is 5.32. The summed E-state index contributed by atoms with van der Waals surface area (Å²) in [6.07, 6.45) is -1.67. The number of ether oxygens (including phenoxy) is 1. The Hall–Kier alpha value is -3.90. The summed E-state index contributed by atoms with van der Waals surface area (Å²) in [5.74, 6) is -0.239. The second-order valence-electron chi connectivity index (χ2n) is 7.19. The molecule has 0 unspecified atom stereocenters. The van der Waals surface area contributed by atoms with Crippen LogP contribution in [0.15, 0.2) is 35.6 Å². The number of alkyl halides is 3. The fraction of sp³-hybridized carbons (Fsp3) is 0.316. The summed E-state index contributed by atoms with van der Waals surface area (Å²) in [7, 11) is 1.52. The van der Waals surface area contributed by atoms with Crippen LogP contribution in [0.2, 0.25) is 0 Å². The molecule has 3 aromatic heterocycles. The number of carbonyl (C=O) groups is 1. The van der Waals surface area contributed by atoms with Gasteiger partial charge in [0.2, 0.25) is 0 Å². The molecule has 0 aromatic carbocycles. The van der Waals surface area contributed by atoms with Crippen molar-refractivity contribution < 1.29 is 27.8 Å². The lowest BCUT2D eigenvalue weighted by atomic mass is 10.1. The Labute approximate surface area is 178 Å². The van der Waals surface area contributed by atoms with Gasteiger partial charge in [0.25, 0.3) is 5.56 Å². The topological polar surface area (TPSA) is 122 Å². The third kappa shape index (κ3) is 4.26. The summed E-state index contributed by atoms with van der Waals surface area (Å²) in [5.41, 5.74) is 0.468. The molecular weight excluding hydrogens is 433 g/mol. The minimum Gasteiger partial charge on any atom is -0.465 e. The van der Waals surface area contributed by atoms with Crippen molar-refractivity contribution >= 4 is 22.8 Å². The van der Waals surface area contributed by atoms with E-state index in [1.807, 2.05) is 0 Å². The highest BCUT2D eigenvalue weighted by atomic mass is 19.4. The van der Waals surface area contributed by atoms with Crippen LogP contribution in [0.5, 0.6) is 5.75 Å². The second kappa shape index (κ2) is 7.98. The van der Waals surface area contributed by atoms with Crippen molar-refractivity contribution in [2.75, 3.05) is 18.4 Å². The summed E-state index contributed by atoms with van der Waals surface area (Å²) < 4.78 is 42.3. The summed E-state index contributed by atoms with van der Waals surface area (Å²) in [4.78, 5) is 37.9. The van der Waals surface area contributed by atoms with E-state index in [4.69, 9.17) is 5.11 Å². The monoisotopic (exact) mass is 450 g/mol. The van der Waals surface area contributed by atoms with Gasteiger partial charge in [0.15, 0.2) is 0 Å². The quantitative estimate of drug-likeness (QED) is 0.622. The number of hydrogen-bond acceptors (Lipinski definition) is 7. The first kappa shape index (κ1) is 21.3. The summed E-state index contributed by atoms with van der Waals surface area (Å²) >= 11 is 0. The van der Waals surface area contributed by atoms with E-state index in [0.29, 0.717) is 18.5 Å². The van der Waals surface area contributed by atoms with E-state index in [-0.39, 0.29) is 35.0 Å². The third-order valence-corrected chi connectivity index (χ3v) is 4.99. The third-order valence-electron chi connectivity index (χ3n) is 4.99. The van der Waals surface area contributed by atoms with Gasteiger partial charge in [-0.25, -0.2) is 14.8 Å². The molecule has 1 aliphatic heterocycles. The fourth-order valence-electron chi connectivity index (χ4n) is 3.49. The van der Waals surface area contributed by atoms with Crippen molar-refractivity contribution in [2.45, 2.75) is 18.8 Å². The van der Waals surface area contributed by atoms with Crippen LogP contribution in [0.25, 0.3) is 22.2 Å². The van der Waals surface area contributed by atoms with E-state index in [9.17, 15) is 22.8 Å². The van der Waals surface area contributed by atoms with Gasteiger partial charge in [0.1, 0.15) is 17.0 Å². The van der Waals surface area contributed by atoms with Gasteiger partial charge in [0, 0.05) is 37.9 Å². The van der Waals surface area contributed by atoms with Gasteiger partial charge in [0.05, 0.1) is 23.7 Å². The zero-order chi connectivity index (χ0) is 23.0. The minimum atomic E-state index is -4.84. The Morgan fingerprint density at radius 1 is 1.25 bits per heavy atom. The van der Waals surface area contributed by atoms with Crippen molar-refractivity contribution in [3.05, 3.63) is 41.2 Å². The first-order valence-electron chi connectivity index (χ1n) is 9.43. The first-order valence-corrected chi connectivity index (χ1v) is 9.43. The summed E-state index contributed by atoms with van der Waals surface area (Å²) in [6, 6.07) is 2.17. The van der Waals surface area contributed by atoms with E-state index < -0.39 is 23.8 Å². The van der Waals surface area contributed by atoms with Gasteiger partial charge in [-0.05, 0) is 18.6 Å². The van der Waals surface area contributed by atoms with Gasteiger partial charge < -0.3 is 24.6 Å². The number of anilines is 1. The smallest absolute Gasteiger partial charge is 0.465 e. The molecule has 4 heterocycles. The number of rotatable bonds is 4. The van der Waals surface area contributed by atoms with Gasteiger partial charge in [-0.2, -0.15) is 0 Å². The zero-order valence-electron chi connectivity index (χ0n) is 16.6. The number of amides is 1. The second-order valence-corrected chi connectivity index (χ2v) is 7.19. The van der Waals surface area contributed by atoms with E-state index in [1.165, 1.54) is 35.1 Å². The molecule has 0 bridgehead atoms. The number of nitrogens with zero attached hydrogens (tertiary/aromatic N) is 5. The Morgan fingerprint density at radius 2 is 2.03 bits per heavy atom. The average molecular weight is 450 g/mol. The molecule has 0 radical (unpaired) electrons. The van der Waals surface area contributed by atoms with Crippen LogP contribution < -0.4 is 15.6 Å². The van der Waals surface area contributed by atoms with E-state index in [1.54, 1.807) is 0 Å². The molecule has 0 spiro atoms. The van der Waals surface area contributed by atoms with Gasteiger partial charge in [-0.15, -0.1) is 13.2 Å². The maximum atomic E-state index is 12.9. The van der Waals surface area contributed by atoms with Crippen LogP contribution in [0.4, 0.5) is 23.8 Å². The number of likely N-dealkylation sites (tertiary alicyclic amines) is 1. The average Bonchev–Trinajstić information content (AvgIpc) is 3.19. The molecular formula is C19H17F3N6O4. The minimum absolute atomic E-state index is 0.165. The molecule has 32 heavy (non-hydrogen) atoms. The molecule has 0 aliphatic carbocycles. The highest BCUT2D eigenvalue weighted by Gasteiger charge is 2.31. The lowest BCUT2D eigenvalue weighted by molar-refractivity contribution is -0.274. The largest absolute Gasteiger partial charge is 0.573 e. The number of carboxylic acid groups (broad SMARTS) is 1. The molecule has 2 N–H and O–H groups in total. The predicted octanol–water partition coefficient (Wildman–Crippen LogP) is 2.45. The summed E-state index contributed by atoms with van der Waals surface area (Å²) in [5, 5.41) is 12.4. The summed E-state index contributed by atoms with van der Waals surface area (Å²) in [6.45, 7) is 0.596. The SMILES string of the molecule is Cn1cnc2c(-c3ccc(OC(F)(F)F)cn3)cnc(N[C@H]3CCN(C(=O)O)C3)c2c1=O. The molecule has 10 nitrogen and oxygen atoms in total. The van der Waals surface area contributed by atoms with Crippen LogP contribution in [0, 0.1) is 0 Å². The lowest BCUT2D eigenvalue weighted by Gasteiger charge is -2.16. The molecule has 4 rings (SSSR count). The van der Waals surface area contributed by atoms with Crippen LogP contribution >= 0.6 is 0 Å². The highest BCUT2D eigenvalue weighted by molar-refractivity contribution is 5.97. The van der Waals surface area contributed by atoms with Gasteiger partial charge in [-0.3, -0.25) is 9.78 Å². The van der Waals surface area contributed by atoms with Crippen molar-refractivity contribution in [1.82, 2.24) is 24.4 Å². The van der Waals surface area contributed by atoms with Crippen molar-refractivity contribution in [1.29, 1.82) is 0 Å². The molecule has 1 atom stereocenters. The maximum Gasteiger partial charge on any atom is 0.573 e. The molecule has 1 fully saturated rings. The van der Waals surface area contributed by atoms with Gasteiger partial charge >= 0.3 is 12.5 Å². The Morgan fingerprint density at radius 3 is 2.66 bits per heavy atom. The Balaban J connectivity index is 1.72. The molecule has 3 aromatic rings. The molecule has 13 heteroatoms. The van der Waals surface area contributed by atoms with E-state index in [2.05, 4.69) is 25.0 Å². The van der Waals surface area contributed by atoms with E-state index >= 15 is 0 Å². The number of aromatic nitrogens is 4. The van der Waals surface area contributed by atoms with Crippen molar-refractivity contribution in [3.63, 3.8) is 0 Å². The van der Waals surface area contributed by atoms with Crippen molar-refractivity contribution in [2.24, 2.45) is 7.05 Å². The molecule has 1 aliphatic rings. The standard InChI is InChI=1S/C19H17F3N6O4/c1-27-9-25-15-12(13-3-2-11(6-23-13)32-19(20,21)22)7-24-16(14(15)17(27)29)26-10-4-5-28(8-10)18(30)31/h2-3,6-7,9-10H,4-5,8H2,1H3,(H,24,26)(H,30,31)/t10-/m0/s1. The van der Waals surface area contributed by atoms with Crippen LogP contribution in [-0.2, 0) is 7.05 Å². The lowest BCUT2D eigenvalue weighted by Crippen LogP contribution is -2.30. The van der Waals surface area contributed by atoms with Crippen molar-refractivity contribution in [3.8, 4) is 17.0 Å². The Bertz CT molecular complexity index is 1230. The molecule has 0 saturated carbocycles. The number of pyridine rings is 2. The fourth-order valence-corrected chi connectivity index (χ4v) is 3.49. The van der Waals surface area contributed by atoms with Crippen LogP contribution in [-0.4, -0.2) is 61.1 Å². The molecule has 168 valence electrons. The first-order chi connectivity index (χ1) is 15.1. The highest BCUT2D eigenvalue weighted by Crippen LogP contribution is 2.30. The maximum absolute atomic E-state index is 12.9. The number of aryl methyl sites for hydroxylation is 1. The number of nitrogens with one attached hydrogen (secondary N) is 1. The van der Waals surface area contributed by atoms with Crippen LogP contribution in [0.3, 0.4) is 0 Å². The number of fused-ring (bicyclic) bond motifs is 1. The normalized spacial score (nSPS) is 16.4. The molecule has 1 saturated heterocycles. The number of hydrogen-bond donors (Lipinski definition) is 2. The van der Waals surface area contributed by atoms with Gasteiger partial charge in [-0.1, -0.05) is 0 Å². The molecule has 1 amide bonds. The predicted molar refractivity (Wildman–Crippen MR) is 106 cm³/mol.